The lowest BCUT2D eigenvalue weighted by Crippen LogP contribution is -2.19. The van der Waals surface area contributed by atoms with Crippen LogP contribution in [0.25, 0.3) is 11.1 Å². The Kier molecular flexibility index (Phi) is 4.46. The molecule has 0 unspecified atom stereocenters. The van der Waals surface area contributed by atoms with Gasteiger partial charge in [0.25, 0.3) is 0 Å². The smallest absolute Gasteiger partial charge is 0.137 e. The molecule has 0 spiro atoms. The molecule has 21 heavy (non-hydrogen) atoms. The molecule has 112 valence electrons. The van der Waals surface area contributed by atoms with E-state index >= 15 is 0 Å². The predicted octanol–water partition coefficient (Wildman–Crippen LogP) is 3.34. The summed E-state index contributed by atoms with van der Waals surface area (Å²) in [4.78, 5) is 0. The molecule has 1 aliphatic rings. The van der Waals surface area contributed by atoms with Gasteiger partial charge in [0.1, 0.15) is 5.75 Å². The quantitative estimate of drug-likeness (QED) is 0.890. The van der Waals surface area contributed by atoms with Crippen molar-refractivity contribution in [3.05, 3.63) is 35.6 Å². The van der Waals surface area contributed by atoms with Crippen LogP contribution in [0.5, 0.6) is 5.75 Å². The zero-order chi connectivity index (χ0) is 14.7. The number of halogens is 1. The Morgan fingerprint density at radius 1 is 1.33 bits per heavy atom. The molecular formula is C16H20ClN3O. The van der Waals surface area contributed by atoms with Gasteiger partial charge in [0.2, 0.25) is 0 Å². The van der Waals surface area contributed by atoms with E-state index in [-0.39, 0.29) is 0 Å². The summed E-state index contributed by atoms with van der Waals surface area (Å²) >= 11 is 6.32. The van der Waals surface area contributed by atoms with E-state index in [1.807, 2.05) is 35.3 Å². The fourth-order valence-electron chi connectivity index (χ4n) is 2.43. The summed E-state index contributed by atoms with van der Waals surface area (Å²) in [6.45, 7) is 2.07. The van der Waals surface area contributed by atoms with Crippen molar-refractivity contribution >= 4 is 11.6 Å². The van der Waals surface area contributed by atoms with E-state index < -0.39 is 0 Å². The fourth-order valence-corrected chi connectivity index (χ4v) is 2.67. The zero-order valence-electron chi connectivity index (χ0n) is 12.0. The molecule has 0 bridgehead atoms. The molecule has 1 aromatic carbocycles. The van der Waals surface area contributed by atoms with Gasteiger partial charge in [-0.25, -0.2) is 0 Å². The van der Waals surface area contributed by atoms with E-state index in [0.717, 1.165) is 30.0 Å². The van der Waals surface area contributed by atoms with Gasteiger partial charge in [-0.15, -0.1) is 0 Å². The van der Waals surface area contributed by atoms with Crippen molar-refractivity contribution in [1.29, 1.82) is 0 Å². The van der Waals surface area contributed by atoms with Crippen molar-refractivity contribution in [2.24, 2.45) is 11.7 Å². The first-order valence-electron chi connectivity index (χ1n) is 7.41. The molecule has 0 amide bonds. The first-order chi connectivity index (χ1) is 10.3. The summed E-state index contributed by atoms with van der Waals surface area (Å²) in [5.74, 6) is 1.47. The lowest BCUT2D eigenvalue weighted by Gasteiger charge is -2.25. The molecule has 0 radical (unpaired) electrons. The Labute approximate surface area is 129 Å². The van der Waals surface area contributed by atoms with Crippen LogP contribution >= 0.6 is 11.6 Å². The SMILES string of the molecule is NCCn1cc(-c2ccc(OCC3CCC3)c(Cl)c2)cn1. The Bertz CT molecular complexity index is 607. The van der Waals surface area contributed by atoms with Crippen LogP contribution in [0.3, 0.4) is 0 Å². The van der Waals surface area contributed by atoms with Gasteiger partial charge >= 0.3 is 0 Å². The molecule has 0 saturated heterocycles. The van der Waals surface area contributed by atoms with E-state index in [1.54, 1.807) is 0 Å². The molecule has 4 nitrogen and oxygen atoms in total. The third-order valence-corrected chi connectivity index (χ3v) is 4.25. The van der Waals surface area contributed by atoms with Crippen molar-refractivity contribution in [1.82, 2.24) is 9.78 Å². The fraction of sp³-hybridized carbons (Fsp3) is 0.438. The molecule has 1 fully saturated rings. The lowest BCUT2D eigenvalue weighted by molar-refractivity contribution is 0.181. The van der Waals surface area contributed by atoms with Gasteiger partial charge in [0.15, 0.2) is 0 Å². The van der Waals surface area contributed by atoms with Gasteiger partial charge in [-0.05, 0) is 36.5 Å². The average Bonchev–Trinajstić information content (AvgIpc) is 2.88. The van der Waals surface area contributed by atoms with Crippen LogP contribution in [0.4, 0.5) is 0 Å². The number of hydrogen-bond donors (Lipinski definition) is 1. The average molecular weight is 306 g/mol. The Hall–Kier alpha value is -1.52. The number of ether oxygens (including phenoxy) is 1. The summed E-state index contributed by atoms with van der Waals surface area (Å²) in [5.41, 5.74) is 7.61. The van der Waals surface area contributed by atoms with Crippen LogP contribution in [0.2, 0.25) is 5.02 Å². The van der Waals surface area contributed by atoms with E-state index in [9.17, 15) is 0 Å². The Morgan fingerprint density at radius 3 is 2.86 bits per heavy atom. The number of rotatable bonds is 6. The van der Waals surface area contributed by atoms with Crippen molar-refractivity contribution < 1.29 is 4.74 Å². The Balaban J connectivity index is 1.69. The van der Waals surface area contributed by atoms with Gasteiger partial charge in [-0.2, -0.15) is 5.10 Å². The summed E-state index contributed by atoms with van der Waals surface area (Å²) in [6, 6.07) is 5.89. The maximum atomic E-state index is 6.32. The minimum Gasteiger partial charge on any atom is -0.492 e. The molecule has 1 aliphatic carbocycles. The second-order valence-corrected chi connectivity index (χ2v) is 5.94. The van der Waals surface area contributed by atoms with Crippen molar-refractivity contribution in [3.63, 3.8) is 0 Å². The predicted molar refractivity (Wildman–Crippen MR) is 84.6 cm³/mol. The highest BCUT2D eigenvalue weighted by atomic mass is 35.5. The molecule has 0 aliphatic heterocycles. The monoisotopic (exact) mass is 305 g/mol. The van der Waals surface area contributed by atoms with Gasteiger partial charge in [0.05, 0.1) is 24.4 Å². The molecular weight excluding hydrogens is 286 g/mol. The largest absolute Gasteiger partial charge is 0.492 e. The summed E-state index contributed by atoms with van der Waals surface area (Å²) < 4.78 is 7.64. The maximum absolute atomic E-state index is 6.32. The number of aromatic nitrogens is 2. The highest BCUT2D eigenvalue weighted by Gasteiger charge is 2.18. The number of nitrogens with two attached hydrogens (primary N) is 1. The molecule has 1 aromatic heterocycles. The molecule has 3 rings (SSSR count). The van der Waals surface area contributed by atoms with Crippen LogP contribution in [-0.4, -0.2) is 22.9 Å². The second kappa shape index (κ2) is 6.50. The van der Waals surface area contributed by atoms with E-state index in [1.165, 1.54) is 19.3 Å². The zero-order valence-corrected chi connectivity index (χ0v) is 12.7. The lowest BCUT2D eigenvalue weighted by atomic mass is 9.86. The molecule has 2 N–H and O–H groups in total. The van der Waals surface area contributed by atoms with Gasteiger partial charge in [0, 0.05) is 18.3 Å². The summed E-state index contributed by atoms with van der Waals surface area (Å²) in [5, 5.41) is 4.93. The van der Waals surface area contributed by atoms with E-state index in [0.29, 0.717) is 17.5 Å². The van der Waals surface area contributed by atoms with Gasteiger partial charge in [-0.1, -0.05) is 24.1 Å². The van der Waals surface area contributed by atoms with Crippen LogP contribution < -0.4 is 10.5 Å². The first-order valence-corrected chi connectivity index (χ1v) is 7.79. The molecule has 1 heterocycles. The van der Waals surface area contributed by atoms with Crippen molar-refractivity contribution in [3.8, 4) is 16.9 Å². The minimum absolute atomic E-state index is 0.579. The third-order valence-electron chi connectivity index (χ3n) is 3.96. The number of benzene rings is 1. The molecule has 2 aromatic rings. The third kappa shape index (κ3) is 3.39. The maximum Gasteiger partial charge on any atom is 0.137 e. The highest BCUT2D eigenvalue weighted by molar-refractivity contribution is 6.32. The molecule has 0 atom stereocenters. The molecule has 1 saturated carbocycles. The second-order valence-electron chi connectivity index (χ2n) is 5.53. The molecule has 5 heteroatoms. The first kappa shape index (κ1) is 14.4. The number of hydrogen-bond acceptors (Lipinski definition) is 3. The van der Waals surface area contributed by atoms with Crippen molar-refractivity contribution in [2.75, 3.05) is 13.2 Å². The van der Waals surface area contributed by atoms with Gasteiger partial charge in [-0.3, -0.25) is 4.68 Å². The highest BCUT2D eigenvalue weighted by Crippen LogP contribution is 2.32. The number of nitrogens with zero attached hydrogens (tertiary/aromatic N) is 2. The van der Waals surface area contributed by atoms with E-state index in [2.05, 4.69) is 5.10 Å². The standard InChI is InChI=1S/C16H20ClN3O/c17-15-8-13(14-9-19-20(10-14)7-6-18)4-5-16(15)21-11-12-2-1-3-12/h4-5,8-10,12H,1-3,6-7,11,18H2. The Morgan fingerprint density at radius 2 is 2.19 bits per heavy atom. The summed E-state index contributed by atoms with van der Waals surface area (Å²) in [7, 11) is 0. The summed E-state index contributed by atoms with van der Waals surface area (Å²) in [6.07, 6.45) is 7.68. The minimum atomic E-state index is 0.579. The van der Waals surface area contributed by atoms with Crippen LogP contribution in [0, 0.1) is 5.92 Å². The van der Waals surface area contributed by atoms with Crippen LogP contribution in [0.1, 0.15) is 19.3 Å². The topological polar surface area (TPSA) is 53.1 Å². The normalized spacial score (nSPS) is 15.0. The van der Waals surface area contributed by atoms with E-state index in [4.69, 9.17) is 22.1 Å². The van der Waals surface area contributed by atoms with Crippen molar-refractivity contribution in [2.45, 2.75) is 25.8 Å². The van der Waals surface area contributed by atoms with Gasteiger partial charge < -0.3 is 10.5 Å². The van der Waals surface area contributed by atoms with Crippen LogP contribution in [0.15, 0.2) is 30.6 Å². The van der Waals surface area contributed by atoms with Crippen LogP contribution in [-0.2, 0) is 6.54 Å².